The lowest BCUT2D eigenvalue weighted by Crippen LogP contribution is -2.29. The van der Waals surface area contributed by atoms with E-state index in [0.29, 0.717) is 0 Å². The van der Waals surface area contributed by atoms with Gasteiger partial charge < -0.3 is 0 Å². The van der Waals surface area contributed by atoms with Gasteiger partial charge in [0.15, 0.2) is 11.0 Å². The number of H-pyrrole nitrogens is 1. The van der Waals surface area contributed by atoms with E-state index in [1.807, 2.05) is 0 Å². The van der Waals surface area contributed by atoms with Crippen LogP contribution in [0.3, 0.4) is 0 Å². The van der Waals surface area contributed by atoms with Crippen LogP contribution in [0.25, 0.3) is 33.5 Å². The van der Waals surface area contributed by atoms with E-state index in [1.54, 1.807) is 0 Å². The van der Waals surface area contributed by atoms with Crippen molar-refractivity contribution in [3.8, 4) is 22.5 Å². The fourth-order valence-corrected chi connectivity index (χ4v) is 3.97. The second kappa shape index (κ2) is 4.81. The van der Waals surface area contributed by atoms with Crippen LogP contribution in [0.15, 0.2) is 60.7 Å². The Morgan fingerprint density at radius 1 is 0.833 bits per heavy atom. The molecule has 0 atom stereocenters. The van der Waals surface area contributed by atoms with Gasteiger partial charge in [0.25, 0.3) is 5.82 Å². The predicted molar refractivity (Wildman–Crippen MR) is 97.9 cm³/mol. The summed E-state index contributed by atoms with van der Waals surface area (Å²) in [4.78, 5) is 3.64. The monoisotopic (exact) mass is 311 g/mol. The number of nitrogens with one attached hydrogen (secondary N) is 1. The van der Waals surface area contributed by atoms with Gasteiger partial charge >= 0.3 is 0 Å². The first-order valence-electron chi connectivity index (χ1n) is 8.41. The molecule has 116 valence electrons. The normalized spacial score (nSPS) is 12.4. The zero-order valence-electron chi connectivity index (χ0n) is 13.9. The van der Waals surface area contributed by atoms with Crippen molar-refractivity contribution in [1.82, 2.24) is 4.98 Å². The number of fused-ring (bicyclic) bond motifs is 4. The molecule has 2 nitrogen and oxygen atoms in total. The molecule has 2 heteroatoms. The highest BCUT2D eigenvalue weighted by molar-refractivity contribution is 5.87. The molecule has 0 aliphatic heterocycles. The highest BCUT2D eigenvalue weighted by Gasteiger charge is 2.24. The van der Waals surface area contributed by atoms with E-state index in [0.717, 1.165) is 6.42 Å². The SMILES string of the molecule is Cc1ccccc1-c1[nH]c2cc3c(cc2[n+]1C)-c1ccccc1C3. The Labute approximate surface area is 141 Å². The van der Waals surface area contributed by atoms with Gasteiger partial charge in [-0.3, -0.25) is 0 Å². The second-order valence-electron chi connectivity index (χ2n) is 6.71. The maximum atomic E-state index is 3.64. The van der Waals surface area contributed by atoms with E-state index >= 15 is 0 Å². The summed E-state index contributed by atoms with van der Waals surface area (Å²) < 4.78 is 2.28. The van der Waals surface area contributed by atoms with Crippen molar-refractivity contribution < 1.29 is 4.57 Å². The largest absolute Gasteiger partial charge is 0.287 e. The Morgan fingerprint density at radius 2 is 1.58 bits per heavy atom. The number of hydrogen-bond acceptors (Lipinski definition) is 0. The Hall–Kier alpha value is -2.87. The summed E-state index contributed by atoms with van der Waals surface area (Å²) in [6.07, 6.45) is 1.03. The average Bonchev–Trinajstić information content (AvgIpc) is 3.11. The minimum absolute atomic E-state index is 1.03. The van der Waals surface area contributed by atoms with Crippen molar-refractivity contribution in [2.45, 2.75) is 13.3 Å². The number of aromatic amines is 1. The lowest BCUT2D eigenvalue weighted by molar-refractivity contribution is -0.633. The molecule has 0 amide bonds. The van der Waals surface area contributed by atoms with Crippen LogP contribution >= 0.6 is 0 Å². The molecule has 0 saturated heterocycles. The van der Waals surface area contributed by atoms with Crippen LogP contribution in [-0.2, 0) is 13.5 Å². The van der Waals surface area contributed by atoms with Crippen LogP contribution in [0.5, 0.6) is 0 Å². The first kappa shape index (κ1) is 13.6. The van der Waals surface area contributed by atoms with Gasteiger partial charge in [0.2, 0.25) is 0 Å². The summed E-state index contributed by atoms with van der Waals surface area (Å²) in [5.41, 5.74) is 10.6. The Morgan fingerprint density at radius 3 is 2.42 bits per heavy atom. The Kier molecular flexibility index (Phi) is 2.72. The quantitative estimate of drug-likeness (QED) is 0.439. The number of aromatic nitrogens is 2. The highest BCUT2D eigenvalue weighted by atomic mass is 15.1. The third kappa shape index (κ3) is 1.80. The molecule has 5 rings (SSSR count). The molecular formula is C22H19N2+. The molecule has 0 radical (unpaired) electrons. The van der Waals surface area contributed by atoms with E-state index in [2.05, 4.69) is 84.2 Å². The van der Waals surface area contributed by atoms with Crippen LogP contribution in [0.1, 0.15) is 16.7 Å². The van der Waals surface area contributed by atoms with Gasteiger partial charge in [-0.25, -0.2) is 9.55 Å². The summed E-state index contributed by atoms with van der Waals surface area (Å²) in [5, 5.41) is 0. The van der Waals surface area contributed by atoms with Crippen LogP contribution in [0.2, 0.25) is 0 Å². The molecule has 1 aliphatic carbocycles. The number of benzene rings is 3. The number of nitrogens with zero attached hydrogens (tertiary/aromatic N) is 1. The van der Waals surface area contributed by atoms with Crippen molar-refractivity contribution in [3.05, 3.63) is 77.4 Å². The maximum absolute atomic E-state index is 3.64. The molecular weight excluding hydrogens is 292 g/mol. The fourth-order valence-electron chi connectivity index (χ4n) is 3.97. The zero-order valence-corrected chi connectivity index (χ0v) is 13.9. The van der Waals surface area contributed by atoms with Crippen LogP contribution < -0.4 is 4.57 Å². The Balaban J connectivity index is 1.77. The number of imidazole rings is 1. The van der Waals surface area contributed by atoms with Gasteiger partial charge in [-0.1, -0.05) is 42.5 Å². The summed E-state index contributed by atoms with van der Waals surface area (Å²) in [5.74, 6) is 1.17. The lowest BCUT2D eigenvalue weighted by Gasteiger charge is -2.01. The number of rotatable bonds is 1. The standard InChI is InChI=1S/C22H18N2/c1-14-7-3-5-9-17(14)22-23-20-12-16-11-15-8-4-6-10-18(15)19(16)13-21(20)24(22)2/h3-10,12-13H,11H2,1-2H3/p+1. The molecule has 1 aliphatic rings. The van der Waals surface area contributed by atoms with Crippen molar-refractivity contribution in [2.24, 2.45) is 7.05 Å². The molecule has 0 bridgehead atoms. The Bertz CT molecular complexity index is 1100. The minimum atomic E-state index is 1.03. The number of hydrogen-bond donors (Lipinski definition) is 1. The van der Waals surface area contributed by atoms with Crippen LogP contribution in [0.4, 0.5) is 0 Å². The molecule has 24 heavy (non-hydrogen) atoms. The molecule has 1 aromatic heterocycles. The lowest BCUT2D eigenvalue weighted by atomic mass is 10.1. The van der Waals surface area contributed by atoms with Gasteiger partial charge in [-0.2, -0.15) is 0 Å². The summed E-state index contributed by atoms with van der Waals surface area (Å²) in [6, 6.07) is 21.9. The van der Waals surface area contributed by atoms with Crippen molar-refractivity contribution in [1.29, 1.82) is 0 Å². The van der Waals surface area contributed by atoms with Crippen molar-refractivity contribution in [3.63, 3.8) is 0 Å². The molecule has 0 spiro atoms. The summed E-state index contributed by atoms with van der Waals surface area (Å²) in [7, 11) is 2.15. The molecule has 0 saturated carbocycles. The molecule has 3 aromatic carbocycles. The zero-order chi connectivity index (χ0) is 16.3. The molecule has 4 aromatic rings. The van der Waals surface area contributed by atoms with E-state index in [4.69, 9.17) is 0 Å². The van der Waals surface area contributed by atoms with Crippen molar-refractivity contribution >= 4 is 11.0 Å². The average molecular weight is 311 g/mol. The molecule has 1 heterocycles. The third-order valence-electron chi connectivity index (χ3n) is 5.26. The second-order valence-corrected chi connectivity index (χ2v) is 6.71. The van der Waals surface area contributed by atoms with Crippen molar-refractivity contribution in [2.75, 3.05) is 0 Å². The third-order valence-corrected chi connectivity index (χ3v) is 5.26. The van der Waals surface area contributed by atoms with E-state index in [-0.39, 0.29) is 0 Å². The van der Waals surface area contributed by atoms with Gasteiger partial charge in [0.05, 0.1) is 12.6 Å². The first-order valence-corrected chi connectivity index (χ1v) is 8.41. The van der Waals surface area contributed by atoms with E-state index in [9.17, 15) is 0 Å². The molecule has 0 unspecified atom stereocenters. The van der Waals surface area contributed by atoms with Gasteiger partial charge in [-0.15, -0.1) is 0 Å². The van der Waals surface area contributed by atoms with Gasteiger partial charge in [-0.05, 0) is 59.4 Å². The first-order chi connectivity index (χ1) is 11.7. The van der Waals surface area contributed by atoms with Gasteiger partial charge in [0, 0.05) is 0 Å². The molecule has 1 N–H and O–H groups in total. The maximum Gasteiger partial charge on any atom is 0.287 e. The fraction of sp³-hybridized carbons (Fsp3) is 0.136. The smallest absolute Gasteiger partial charge is 0.236 e. The van der Waals surface area contributed by atoms with Crippen LogP contribution in [-0.4, -0.2) is 4.98 Å². The number of aryl methyl sites for hydroxylation is 2. The molecule has 0 fully saturated rings. The predicted octanol–water partition coefficient (Wildman–Crippen LogP) is 4.54. The summed E-state index contributed by atoms with van der Waals surface area (Å²) >= 11 is 0. The van der Waals surface area contributed by atoms with Crippen LogP contribution in [0, 0.1) is 6.92 Å². The topological polar surface area (TPSA) is 19.7 Å². The van der Waals surface area contributed by atoms with Gasteiger partial charge in [0.1, 0.15) is 0 Å². The van der Waals surface area contributed by atoms with E-state index < -0.39 is 0 Å². The summed E-state index contributed by atoms with van der Waals surface area (Å²) in [6.45, 7) is 2.16. The highest BCUT2D eigenvalue weighted by Crippen LogP contribution is 2.38. The van der Waals surface area contributed by atoms with E-state index in [1.165, 1.54) is 50.2 Å². The minimum Gasteiger partial charge on any atom is -0.236 e.